The molecule has 0 aliphatic heterocycles. The van der Waals surface area contributed by atoms with E-state index >= 15 is 0 Å². The highest BCUT2D eigenvalue weighted by Crippen LogP contribution is 2.23. The van der Waals surface area contributed by atoms with Crippen molar-refractivity contribution in [2.24, 2.45) is 0 Å². The second-order valence-corrected chi connectivity index (χ2v) is 5.83. The van der Waals surface area contributed by atoms with Crippen molar-refractivity contribution in [2.45, 2.75) is 41.5 Å². The normalized spacial score (nSPS) is 11.3. The van der Waals surface area contributed by atoms with Crippen LogP contribution in [0.4, 0.5) is 0 Å². The predicted molar refractivity (Wildman–Crippen MR) is 90.2 cm³/mol. The predicted octanol–water partition coefficient (Wildman–Crippen LogP) is 5.71. The highest BCUT2D eigenvalue weighted by molar-refractivity contribution is 5.73. The van der Waals surface area contributed by atoms with Gasteiger partial charge in [-0.25, -0.2) is 0 Å². The molecule has 0 amide bonds. The van der Waals surface area contributed by atoms with Gasteiger partial charge >= 0.3 is 0 Å². The first-order valence-electron chi connectivity index (χ1n) is 7.23. The van der Waals surface area contributed by atoms with Crippen molar-refractivity contribution < 1.29 is 0 Å². The Morgan fingerprint density at radius 2 is 1.30 bits per heavy atom. The van der Waals surface area contributed by atoms with Crippen LogP contribution in [0.3, 0.4) is 0 Å². The van der Waals surface area contributed by atoms with Gasteiger partial charge in [0.1, 0.15) is 0 Å². The molecule has 0 saturated carbocycles. The lowest BCUT2D eigenvalue weighted by molar-refractivity contribution is 1.21. The quantitative estimate of drug-likeness (QED) is 0.610. The number of hydrogen-bond donors (Lipinski definition) is 0. The van der Waals surface area contributed by atoms with Crippen LogP contribution >= 0.6 is 0 Å². The Balaban J connectivity index is 2.39. The zero-order valence-corrected chi connectivity index (χ0v) is 13.5. The molecule has 0 heteroatoms. The number of rotatable bonds is 2. The van der Waals surface area contributed by atoms with Crippen LogP contribution in [0.15, 0.2) is 24.3 Å². The van der Waals surface area contributed by atoms with E-state index in [1.165, 1.54) is 44.5 Å². The fourth-order valence-corrected chi connectivity index (χ4v) is 2.47. The van der Waals surface area contributed by atoms with Crippen LogP contribution in [0.2, 0.25) is 0 Å². The highest BCUT2D eigenvalue weighted by Gasteiger charge is 2.04. The fourth-order valence-electron chi connectivity index (χ4n) is 2.47. The fraction of sp³-hybridized carbons (Fsp3) is 0.300. The van der Waals surface area contributed by atoms with Crippen molar-refractivity contribution in [3.05, 3.63) is 68.8 Å². The summed E-state index contributed by atoms with van der Waals surface area (Å²) >= 11 is 0. The van der Waals surface area contributed by atoms with Crippen LogP contribution in [0.25, 0.3) is 12.2 Å². The minimum absolute atomic E-state index is 1.27. The van der Waals surface area contributed by atoms with Crippen LogP contribution in [0, 0.1) is 41.5 Å². The Bertz CT molecular complexity index is 673. The monoisotopic (exact) mass is 264 g/mol. The SMILES string of the molecule is Cc1ccc(/C=C/c2cc(C)c(C)c(C)c2C)cc1C. The molecule has 0 bridgehead atoms. The van der Waals surface area contributed by atoms with Crippen LogP contribution in [-0.4, -0.2) is 0 Å². The van der Waals surface area contributed by atoms with Crippen LogP contribution < -0.4 is 0 Å². The standard InChI is InChI=1S/C20H24/c1-13-7-8-19(11-14(13)2)9-10-20-12-15(3)16(4)17(5)18(20)6/h7-12H,1-6H3/b10-9+. The molecule has 20 heavy (non-hydrogen) atoms. The van der Waals surface area contributed by atoms with Crippen LogP contribution in [0.1, 0.15) is 44.5 Å². The van der Waals surface area contributed by atoms with Crippen molar-refractivity contribution in [3.8, 4) is 0 Å². The third-order valence-corrected chi connectivity index (χ3v) is 4.51. The zero-order chi connectivity index (χ0) is 14.9. The van der Waals surface area contributed by atoms with E-state index in [-0.39, 0.29) is 0 Å². The Hall–Kier alpha value is -1.82. The molecule has 2 aromatic rings. The smallest absolute Gasteiger partial charge is 0.0222 e. The number of aryl methyl sites for hydroxylation is 3. The Morgan fingerprint density at radius 1 is 0.600 bits per heavy atom. The van der Waals surface area contributed by atoms with Gasteiger partial charge in [-0.05, 0) is 86.1 Å². The molecule has 0 heterocycles. The lowest BCUT2D eigenvalue weighted by Crippen LogP contribution is -1.93. The van der Waals surface area contributed by atoms with Gasteiger partial charge < -0.3 is 0 Å². The molecule has 2 rings (SSSR count). The van der Waals surface area contributed by atoms with Crippen molar-refractivity contribution in [3.63, 3.8) is 0 Å². The van der Waals surface area contributed by atoms with Gasteiger partial charge in [-0.15, -0.1) is 0 Å². The second-order valence-electron chi connectivity index (χ2n) is 5.83. The van der Waals surface area contributed by atoms with Crippen LogP contribution in [0.5, 0.6) is 0 Å². The van der Waals surface area contributed by atoms with Gasteiger partial charge in [-0.2, -0.15) is 0 Å². The second kappa shape index (κ2) is 5.66. The molecule has 0 aromatic heterocycles. The van der Waals surface area contributed by atoms with Gasteiger partial charge in [0.05, 0.1) is 0 Å². The van der Waals surface area contributed by atoms with Gasteiger partial charge in [0.15, 0.2) is 0 Å². The summed E-state index contributed by atoms with van der Waals surface area (Å²) in [5.74, 6) is 0. The zero-order valence-electron chi connectivity index (χ0n) is 13.5. The molecule has 0 N–H and O–H groups in total. The van der Waals surface area contributed by atoms with Gasteiger partial charge in [-0.1, -0.05) is 36.4 Å². The minimum Gasteiger partial charge on any atom is -0.0585 e. The summed E-state index contributed by atoms with van der Waals surface area (Å²) < 4.78 is 0. The van der Waals surface area contributed by atoms with E-state index < -0.39 is 0 Å². The summed E-state index contributed by atoms with van der Waals surface area (Å²) in [5.41, 5.74) is 10.9. The average Bonchev–Trinajstić information content (AvgIpc) is 2.42. The van der Waals surface area contributed by atoms with Crippen LogP contribution in [-0.2, 0) is 0 Å². The Morgan fingerprint density at radius 3 is 1.95 bits per heavy atom. The van der Waals surface area contributed by atoms with E-state index in [0.29, 0.717) is 0 Å². The number of hydrogen-bond acceptors (Lipinski definition) is 0. The van der Waals surface area contributed by atoms with Crippen molar-refractivity contribution in [2.75, 3.05) is 0 Å². The first-order valence-corrected chi connectivity index (χ1v) is 7.23. The van der Waals surface area contributed by atoms with Gasteiger partial charge in [0, 0.05) is 0 Å². The molecule has 0 aliphatic rings. The van der Waals surface area contributed by atoms with E-state index in [1.54, 1.807) is 0 Å². The molecular weight excluding hydrogens is 240 g/mol. The Kier molecular flexibility index (Phi) is 4.13. The summed E-state index contributed by atoms with van der Waals surface area (Å²) in [4.78, 5) is 0. The summed E-state index contributed by atoms with van der Waals surface area (Å²) in [6, 6.07) is 8.90. The summed E-state index contributed by atoms with van der Waals surface area (Å²) in [6.07, 6.45) is 4.45. The van der Waals surface area contributed by atoms with Crippen molar-refractivity contribution >= 4 is 12.2 Å². The lowest BCUT2D eigenvalue weighted by Gasteiger charge is -2.11. The van der Waals surface area contributed by atoms with Gasteiger partial charge in [0.2, 0.25) is 0 Å². The molecule has 0 atom stereocenters. The van der Waals surface area contributed by atoms with Crippen molar-refractivity contribution in [1.82, 2.24) is 0 Å². The van der Waals surface area contributed by atoms with Gasteiger partial charge in [-0.3, -0.25) is 0 Å². The topological polar surface area (TPSA) is 0 Å². The maximum Gasteiger partial charge on any atom is -0.0222 e. The third kappa shape index (κ3) is 2.85. The summed E-state index contributed by atoms with van der Waals surface area (Å²) in [6.45, 7) is 13.1. The van der Waals surface area contributed by atoms with E-state index in [4.69, 9.17) is 0 Å². The first-order chi connectivity index (χ1) is 9.40. The maximum atomic E-state index is 2.29. The molecule has 0 spiro atoms. The molecular formula is C20H24. The molecule has 0 saturated heterocycles. The largest absolute Gasteiger partial charge is 0.0585 e. The first kappa shape index (κ1) is 14.6. The van der Waals surface area contributed by atoms with E-state index in [0.717, 1.165) is 0 Å². The molecule has 2 aromatic carbocycles. The highest BCUT2D eigenvalue weighted by atomic mass is 14.1. The van der Waals surface area contributed by atoms with E-state index in [2.05, 4.69) is 78.0 Å². The molecule has 0 nitrogen and oxygen atoms in total. The third-order valence-electron chi connectivity index (χ3n) is 4.51. The van der Waals surface area contributed by atoms with Gasteiger partial charge in [0.25, 0.3) is 0 Å². The lowest BCUT2D eigenvalue weighted by atomic mass is 9.94. The summed E-state index contributed by atoms with van der Waals surface area (Å²) in [7, 11) is 0. The molecule has 0 fully saturated rings. The van der Waals surface area contributed by atoms with Crippen molar-refractivity contribution in [1.29, 1.82) is 0 Å². The molecule has 0 unspecified atom stereocenters. The maximum absolute atomic E-state index is 2.29. The van der Waals surface area contributed by atoms with E-state index in [9.17, 15) is 0 Å². The van der Waals surface area contributed by atoms with E-state index in [1.807, 2.05) is 0 Å². The molecule has 0 radical (unpaired) electrons. The average molecular weight is 264 g/mol. The molecule has 104 valence electrons. The summed E-state index contributed by atoms with van der Waals surface area (Å²) in [5, 5.41) is 0. The molecule has 0 aliphatic carbocycles. The number of benzene rings is 2. The Labute approximate surface area is 123 Å². The minimum atomic E-state index is 1.27.